The van der Waals surface area contributed by atoms with Gasteiger partial charge in [0, 0.05) is 24.4 Å². The van der Waals surface area contributed by atoms with Crippen LogP contribution in [-0.2, 0) is 4.79 Å². The average molecular weight is 384 g/mol. The summed E-state index contributed by atoms with van der Waals surface area (Å²) in [6, 6.07) is 10.1. The molecule has 2 aromatic rings. The summed E-state index contributed by atoms with van der Waals surface area (Å²) in [5.74, 6) is 2.06. The third-order valence-electron chi connectivity index (χ3n) is 5.44. The van der Waals surface area contributed by atoms with Crippen molar-refractivity contribution in [3.63, 3.8) is 0 Å². The number of unbranched alkanes of at least 4 members (excludes halogenated alkanes) is 3. The molecule has 1 aromatic carbocycles. The molecule has 1 unspecified atom stereocenters. The van der Waals surface area contributed by atoms with Crippen molar-refractivity contribution in [1.29, 1.82) is 0 Å². The largest absolute Gasteiger partial charge is 0.442 e. The van der Waals surface area contributed by atoms with Gasteiger partial charge in [0.25, 0.3) is 0 Å². The molecule has 0 bridgehead atoms. The predicted octanol–water partition coefficient (Wildman–Crippen LogP) is 5.04. The third kappa shape index (κ3) is 4.82. The summed E-state index contributed by atoms with van der Waals surface area (Å²) < 4.78 is 6.23. The van der Waals surface area contributed by atoms with E-state index in [1.165, 1.54) is 0 Å². The molecular formula is C23H33N3O2. The van der Waals surface area contributed by atoms with Gasteiger partial charge >= 0.3 is 0 Å². The van der Waals surface area contributed by atoms with Gasteiger partial charge in [0.1, 0.15) is 17.5 Å². The normalized spacial score (nSPS) is 16.9. The van der Waals surface area contributed by atoms with Crippen LogP contribution in [0.1, 0.15) is 82.4 Å². The minimum Gasteiger partial charge on any atom is -0.442 e. The number of hydrogen-bond acceptors (Lipinski definition) is 4. The number of likely N-dealkylation sites (tertiary alicyclic amines) is 1. The number of nitrogens with two attached hydrogens (primary N) is 1. The Morgan fingerprint density at radius 1 is 1.21 bits per heavy atom. The summed E-state index contributed by atoms with van der Waals surface area (Å²) in [5, 5.41) is 0. The molecule has 0 saturated carbocycles. The molecule has 5 heteroatoms. The number of aromatic nitrogens is 1. The number of benzene rings is 1. The lowest BCUT2D eigenvalue weighted by Gasteiger charge is -2.22. The number of amides is 1. The monoisotopic (exact) mass is 383 g/mol. The fourth-order valence-corrected chi connectivity index (χ4v) is 3.93. The van der Waals surface area contributed by atoms with Crippen molar-refractivity contribution in [3.8, 4) is 11.3 Å². The second kappa shape index (κ2) is 9.87. The Labute approximate surface area is 168 Å². The number of nitrogens with zero attached hydrogens (tertiary/aromatic N) is 2. The summed E-state index contributed by atoms with van der Waals surface area (Å²) in [7, 11) is 0. The van der Waals surface area contributed by atoms with Gasteiger partial charge < -0.3 is 15.1 Å². The topological polar surface area (TPSA) is 72.4 Å². The van der Waals surface area contributed by atoms with Crippen LogP contribution in [0.25, 0.3) is 11.3 Å². The molecule has 1 aliphatic heterocycles. The van der Waals surface area contributed by atoms with Gasteiger partial charge in [0.15, 0.2) is 0 Å². The van der Waals surface area contributed by atoms with Crippen LogP contribution in [0.3, 0.4) is 0 Å². The highest BCUT2D eigenvalue weighted by atomic mass is 16.4. The summed E-state index contributed by atoms with van der Waals surface area (Å²) in [6.07, 6.45) is 6.66. The predicted molar refractivity (Wildman–Crippen MR) is 112 cm³/mol. The molecular weight excluding hydrogens is 350 g/mol. The van der Waals surface area contributed by atoms with Crippen molar-refractivity contribution in [2.45, 2.75) is 70.8 Å². The van der Waals surface area contributed by atoms with Crippen LogP contribution >= 0.6 is 0 Å². The number of oxazole rings is 1. The van der Waals surface area contributed by atoms with Crippen LogP contribution in [0.4, 0.5) is 0 Å². The Hall–Kier alpha value is -2.14. The van der Waals surface area contributed by atoms with E-state index in [1.807, 2.05) is 23.1 Å². The molecule has 2 heterocycles. The standard InChI is InChI=1S/C23H33N3O2/c1-17(2)22-21(18-11-6-5-7-12-18)25-23(28-22)19-13-10-16-26(19)20(27)14-8-3-4-9-15-24/h5-7,11-12,17,19H,3-4,8-10,13-16,24H2,1-2H3. The smallest absolute Gasteiger partial charge is 0.223 e. The highest BCUT2D eigenvalue weighted by molar-refractivity contribution is 5.77. The average Bonchev–Trinajstić information content (AvgIpc) is 3.35. The van der Waals surface area contributed by atoms with Gasteiger partial charge in [0.05, 0.1) is 0 Å². The molecule has 0 radical (unpaired) electrons. The molecule has 5 nitrogen and oxygen atoms in total. The molecule has 1 aliphatic rings. The van der Waals surface area contributed by atoms with Gasteiger partial charge in [-0.15, -0.1) is 0 Å². The van der Waals surface area contributed by atoms with Gasteiger partial charge in [-0.3, -0.25) is 4.79 Å². The fraction of sp³-hybridized carbons (Fsp3) is 0.565. The van der Waals surface area contributed by atoms with Crippen LogP contribution in [0, 0.1) is 0 Å². The first kappa shape index (κ1) is 20.6. The minimum atomic E-state index is -0.0356. The first-order valence-electron chi connectivity index (χ1n) is 10.7. The van der Waals surface area contributed by atoms with Crippen LogP contribution in [0.2, 0.25) is 0 Å². The van der Waals surface area contributed by atoms with E-state index in [9.17, 15) is 4.79 Å². The molecule has 0 spiro atoms. The van der Waals surface area contributed by atoms with E-state index in [4.69, 9.17) is 15.1 Å². The van der Waals surface area contributed by atoms with E-state index in [1.54, 1.807) is 0 Å². The van der Waals surface area contributed by atoms with Gasteiger partial charge in [0.2, 0.25) is 11.8 Å². The maximum atomic E-state index is 12.8. The van der Waals surface area contributed by atoms with Crippen LogP contribution in [-0.4, -0.2) is 28.9 Å². The summed E-state index contributed by atoms with van der Waals surface area (Å²) in [4.78, 5) is 19.6. The van der Waals surface area contributed by atoms with Crippen molar-refractivity contribution in [2.75, 3.05) is 13.1 Å². The Morgan fingerprint density at radius 2 is 1.96 bits per heavy atom. The number of hydrogen-bond donors (Lipinski definition) is 1. The Bertz CT molecular complexity index is 754. The molecule has 1 aromatic heterocycles. The highest BCUT2D eigenvalue weighted by Crippen LogP contribution is 2.37. The van der Waals surface area contributed by atoms with E-state index in [2.05, 4.69) is 26.0 Å². The Balaban J connectivity index is 1.74. The maximum absolute atomic E-state index is 12.8. The minimum absolute atomic E-state index is 0.0356. The lowest BCUT2D eigenvalue weighted by Crippen LogP contribution is -2.30. The zero-order valence-corrected chi connectivity index (χ0v) is 17.2. The summed E-state index contributed by atoms with van der Waals surface area (Å²) >= 11 is 0. The van der Waals surface area contributed by atoms with E-state index in [0.29, 0.717) is 12.3 Å². The third-order valence-corrected chi connectivity index (χ3v) is 5.44. The molecule has 152 valence electrons. The molecule has 3 rings (SSSR count). The molecule has 1 fully saturated rings. The van der Waals surface area contributed by atoms with Crippen LogP contribution in [0.5, 0.6) is 0 Å². The quantitative estimate of drug-likeness (QED) is 0.616. The first-order valence-corrected chi connectivity index (χ1v) is 10.7. The Morgan fingerprint density at radius 3 is 2.68 bits per heavy atom. The molecule has 1 amide bonds. The van der Waals surface area contributed by atoms with E-state index in [-0.39, 0.29) is 17.9 Å². The lowest BCUT2D eigenvalue weighted by atomic mass is 10.0. The molecule has 1 saturated heterocycles. The molecule has 1 atom stereocenters. The van der Waals surface area contributed by atoms with E-state index >= 15 is 0 Å². The zero-order chi connectivity index (χ0) is 19.9. The van der Waals surface area contributed by atoms with Crippen LogP contribution in [0.15, 0.2) is 34.7 Å². The highest BCUT2D eigenvalue weighted by Gasteiger charge is 2.34. The first-order chi connectivity index (χ1) is 13.6. The number of carbonyl (C=O) groups is 1. The van der Waals surface area contributed by atoms with Crippen molar-refractivity contribution in [2.24, 2.45) is 5.73 Å². The second-order valence-corrected chi connectivity index (χ2v) is 7.98. The second-order valence-electron chi connectivity index (χ2n) is 7.98. The Kier molecular flexibility index (Phi) is 7.26. The zero-order valence-electron chi connectivity index (χ0n) is 17.2. The van der Waals surface area contributed by atoms with Crippen molar-refractivity contribution < 1.29 is 9.21 Å². The summed E-state index contributed by atoms with van der Waals surface area (Å²) in [5.41, 5.74) is 7.51. The lowest BCUT2D eigenvalue weighted by molar-refractivity contribution is -0.132. The van der Waals surface area contributed by atoms with Gasteiger partial charge in [-0.05, 0) is 32.2 Å². The maximum Gasteiger partial charge on any atom is 0.223 e. The number of rotatable bonds is 9. The summed E-state index contributed by atoms with van der Waals surface area (Å²) in [6.45, 7) is 5.77. The van der Waals surface area contributed by atoms with Crippen molar-refractivity contribution in [1.82, 2.24) is 9.88 Å². The van der Waals surface area contributed by atoms with Crippen molar-refractivity contribution >= 4 is 5.91 Å². The van der Waals surface area contributed by atoms with Crippen LogP contribution < -0.4 is 5.73 Å². The molecule has 28 heavy (non-hydrogen) atoms. The van der Waals surface area contributed by atoms with E-state index in [0.717, 1.165) is 68.6 Å². The fourth-order valence-electron chi connectivity index (χ4n) is 3.93. The van der Waals surface area contributed by atoms with Gasteiger partial charge in [-0.25, -0.2) is 4.98 Å². The van der Waals surface area contributed by atoms with Crippen molar-refractivity contribution in [3.05, 3.63) is 42.0 Å². The van der Waals surface area contributed by atoms with E-state index < -0.39 is 0 Å². The number of carbonyl (C=O) groups excluding carboxylic acids is 1. The molecule has 2 N–H and O–H groups in total. The van der Waals surface area contributed by atoms with Gasteiger partial charge in [-0.2, -0.15) is 0 Å². The SMILES string of the molecule is CC(C)c1oc(C2CCCN2C(=O)CCCCCCN)nc1-c1ccccc1. The van der Waals surface area contributed by atoms with Gasteiger partial charge in [-0.1, -0.05) is 57.0 Å². The molecule has 0 aliphatic carbocycles.